The summed E-state index contributed by atoms with van der Waals surface area (Å²) < 4.78 is 0. The number of nitrogens with zero attached hydrogens (tertiary/aromatic N) is 3. The van der Waals surface area contributed by atoms with Crippen molar-refractivity contribution in [3.8, 4) is 0 Å². The number of nitrogens with one attached hydrogen (secondary N) is 2. The number of H-pyrrole nitrogens is 1. The van der Waals surface area contributed by atoms with E-state index in [9.17, 15) is 4.79 Å². The van der Waals surface area contributed by atoms with Crippen LogP contribution in [0.25, 0.3) is 10.9 Å². The van der Waals surface area contributed by atoms with Crippen LogP contribution in [0.2, 0.25) is 0 Å². The van der Waals surface area contributed by atoms with E-state index in [4.69, 9.17) is 5.73 Å². The van der Waals surface area contributed by atoms with Crippen molar-refractivity contribution in [1.82, 2.24) is 15.0 Å². The lowest BCUT2D eigenvalue weighted by molar-refractivity contribution is 0.496. The number of aromatic nitrogens is 3. The quantitative estimate of drug-likeness (QED) is 0.670. The third-order valence-electron chi connectivity index (χ3n) is 4.71. The molecule has 1 saturated heterocycles. The molecule has 0 unspecified atom stereocenters. The largest absolute Gasteiger partial charge is 0.341 e. The van der Waals surface area contributed by atoms with Crippen molar-refractivity contribution < 1.29 is 0 Å². The van der Waals surface area contributed by atoms with E-state index in [0.29, 0.717) is 22.7 Å². The molecular weight excluding hydrogens is 328 g/mol. The zero-order valence-corrected chi connectivity index (χ0v) is 14.7. The molecule has 134 valence electrons. The van der Waals surface area contributed by atoms with Crippen LogP contribution in [0.5, 0.6) is 0 Å². The molecule has 0 amide bonds. The van der Waals surface area contributed by atoms with Crippen molar-refractivity contribution in [2.75, 3.05) is 23.3 Å². The van der Waals surface area contributed by atoms with Crippen LogP contribution >= 0.6 is 0 Å². The van der Waals surface area contributed by atoms with Crippen LogP contribution in [0.1, 0.15) is 18.4 Å². The Kier molecular flexibility index (Phi) is 4.30. The van der Waals surface area contributed by atoms with Crippen molar-refractivity contribution in [3.63, 3.8) is 0 Å². The monoisotopic (exact) mass is 350 g/mol. The molecular formula is C19H22N6O. The molecule has 1 aromatic carbocycles. The first-order chi connectivity index (χ1) is 12.6. The van der Waals surface area contributed by atoms with Crippen molar-refractivity contribution in [2.45, 2.75) is 25.8 Å². The Morgan fingerprint density at radius 1 is 1.23 bits per heavy atom. The molecule has 0 spiro atoms. The Bertz CT molecular complexity index is 991. The highest BCUT2D eigenvalue weighted by molar-refractivity contribution is 5.91. The van der Waals surface area contributed by atoms with E-state index in [1.165, 1.54) is 0 Å². The highest BCUT2D eigenvalue weighted by atomic mass is 16.1. The van der Waals surface area contributed by atoms with Gasteiger partial charge in [0.1, 0.15) is 11.2 Å². The summed E-state index contributed by atoms with van der Waals surface area (Å²) in [5, 5.41) is 3.76. The van der Waals surface area contributed by atoms with E-state index in [-0.39, 0.29) is 11.6 Å². The third kappa shape index (κ3) is 3.25. The fraction of sp³-hybridized carbons (Fsp3) is 0.316. The van der Waals surface area contributed by atoms with Crippen LogP contribution in [0, 0.1) is 6.92 Å². The topological polar surface area (TPSA) is 99.9 Å². The molecule has 0 radical (unpaired) electrons. The fourth-order valence-electron chi connectivity index (χ4n) is 3.27. The summed E-state index contributed by atoms with van der Waals surface area (Å²) >= 11 is 0. The van der Waals surface area contributed by atoms with Crippen LogP contribution in [0.3, 0.4) is 0 Å². The molecule has 0 saturated carbocycles. The molecule has 7 nitrogen and oxygen atoms in total. The Morgan fingerprint density at radius 3 is 2.81 bits per heavy atom. The molecule has 4 rings (SSSR count). The molecule has 7 heteroatoms. The number of aryl methyl sites for hydroxylation is 1. The normalized spacial score (nSPS) is 15.4. The molecule has 1 aliphatic heterocycles. The number of nitrogens with two attached hydrogens (primary N) is 1. The zero-order valence-electron chi connectivity index (χ0n) is 14.7. The molecule has 3 heterocycles. The van der Waals surface area contributed by atoms with Gasteiger partial charge in [-0.05, 0) is 43.5 Å². The number of aromatic amines is 1. The zero-order chi connectivity index (χ0) is 18.1. The van der Waals surface area contributed by atoms with Gasteiger partial charge in [-0.15, -0.1) is 0 Å². The Morgan fingerprint density at radius 2 is 2.04 bits per heavy atom. The fourth-order valence-corrected chi connectivity index (χ4v) is 3.27. The number of fused-ring (bicyclic) bond motifs is 1. The SMILES string of the molecule is Cc1cccc(Nc2nc(N3CCC(N)CC3)nc3cc[nH]c(=O)c23)c1. The molecule has 3 aromatic rings. The molecule has 26 heavy (non-hydrogen) atoms. The van der Waals surface area contributed by atoms with Gasteiger partial charge in [-0.3, -0.25) is 4.79 Å². The van der Waals surface area contributed by atoms with E-state index in [1.807, 2.05) is 31.2 Å². The van der Waals surface area contributed by atoms with Gasteiger partial charge in [-0.25, -0.2) is 4.98 Å². The third-order valence-corrected chi connectivity index (χ3v) is 4.71. The number of hydrogen-bond acceptors (Lipinski definition) is 6. The van der Waals surface area contributed by atoms with E-state index in [0.717, 1.165) is 37.2 Å². The minimum atomic E-state index is -0.204. The van der Waals surface area contributed by atoms with Gasteiger partial charge in [-0.2, -0.15) is 4.98 Å². The maximum Gasteiger partial charge on any atom is 0.261 e. The second-order valence-electron chi connectivity index (χ2n) is 6.76. The number of pyridine rings is 1. The van der Waals surface area contributed by atoms with Gasteiger partial charge in [-0.1, -0.05) is 12.1 Å². The lowest BCUT2D eigenvalue weighted by atomic mass is 10.1. The second-order valence-corrected chi connectivity index (χ2v) is 6.76. The van der Waals surface area contributed by atoms with Crippen molar-refractivity contribution in [3.05, 3.63) is 52.4 Å². The van der Waals surface area contributed by atoms with Gasteiger partial charge < -0.3 is 20.9 Å². The first-order valence-corrected chi connectivity index (χ1v) is 8.84. The summed E-state index contributed by atoms with van der Waals surface area (Å²) in [5.74, 6) is 1.15. The summed E-state index contributed by atoms with van der Waals surface area (Å²) in [5.41, 5.74) is 8.45. The molecule has 4 N–H and O–H groups in total. The highest BCUT2D eigenvalue weighted by Gasteiger charge is 2.20. The molecule has 1 aliphatic rings. The van der Waals surface area contributed by atoms with E-state index in [2.05, 4.69) is 25.2 Å². The predicted molar refractivity (Wildman–Crippen MR) is 104 cm³/mol. The Hall–Kier alpha value is -2.93. The van der Waals surface area contributed by atoms with Crippen LogP contribution in [0.4, 0.5) is 17.5 Å². The van der Waals surface area contributed by atoms with Crippen molar-refractivity contribution in [2.24, 2.45) is 5.73 Å². The summed E-state index contributed by atoms with van der Waals surface area (Å²) in [6.07, 6.45) is 3.44. The number of piperidine rings is 1. The van der Waals surface area contributed by atoms with Gasteiger partial charge in [0.25, 0.3) is 5.56 Å². The summed E-state index contributed by atoms with van der Waals surface area (Å²) in [6, 6.07) is 10.0. The predicted octanol–water partition coefficient (Wildman–Crippen LogP) is 2.30. The Balaban J connectivity index is 1.79. The Labute approximate surface area is 151 Å². The first-order valence-electron chi connectivity index (χ1n) is 8.84. The van der Waals surface area contributed by atoms with E-state index in [1.54, 1.807) is 12.3 Å². The number of benzene rings is 1. The number of anilines is 3. The lowest BCUT2D eigenvalue weighted by Crippen LogP contribution is -2.40. The van der Waals surface area contributed by atoms with E-state index < -0.39 is 0 Å². The average Bonchev–Trinajstić information content (AvgIpc) is 2.62. The summed E-state index contributed by atoms with van der Waals surface area (Å²) in [4.78, 5) is 26.5. The number of hydrogen-bond donors (Lipinski definition) is 3. The molecule has 1 fully saturated rings. The maximum absolute atomic E-state index is 12.4. The van der Waals surface area contributed by atoms with Gasteiger partial charge in [0, 0.05) is 31.0 Å². The molecule has 2 aromatic heterocycles. The van der Waals surface area contributed by atoms with Crippen molar-refractivity contribution >= 4 is 28.4 Å². The van der Waals surface area contributed by atoms with Crippen LogP contribution in [-0.4, -0.2) is 34.1 Å². The smallest absolute Gasteiger partial charge is 0.261 e. The first kappa shape index (κ1) is 16.5. The van der Waals surface area contributed by atoms with Gasteiger partial charge in [0.2, 0.25) is 5.95 Å². The molecule has 0 bridgehead atoms. The van der Waals surface area contributed by atoms with Crippen LogP contribution in [0.15, 0.2) is 41.3 Å². The van der Waals surface area contributed by atoms with Crippen LogP contribution < -0.4 is 21.5 Å². The molecule has 0 atom stereocenters. The summed E-state index contributed by atoms with van der Waals surface area (Å²) in [7, 11) is 0. The second kappa shape index (κ2) is 6.76. The summed E-state index contributed by atoms with van der Waals surface area (Å²) in [6.45, 7) is 3.66. The van der Waals surface area contributed by atoms with Gasteiger partial charge in [0.05, 0.1) is 5.52 Å². The number of rotatable bonds is 3. The maximum atomic E-state index is 12.4. The standard InChI is InChI=1S/C19H22N6O/c1-12-3-2-4-14(11-12)22-17-16-15(5-8-21-18(16)26)23-19(24-17)25-9-6-13(20)7-10-25/h2-5,8,11,13H,6-7,9-10,20H2,1H3,(H,21,26)(H,22,23,24). The minimum absolute atomic E-state index is 0.204. The minimum Gasteiger partial charge on any atom is -0.341 e. The highest BCUT2D eigenvalue weighted by Crippen LogP contribution is 2.25. The van der Waals surface area contributed by atoms with Crippen molar-refractivity contribution in [1.29, 1.82) is 0 Å². The molecule has 0 aliphatic carbocycles. The van der Waals surface area contributed by atoms with Gasteiger partial charge >= 0.3 is 0 Å². The average molecular weight is 350 g/mol. The van der Waals surface area contributed by atoms with Crippen LogP contribution in [-0.2, 0) is 0 Å². The van der Waals surface area contributed by atoms with E-state index >= 15 is 0 Å². The van der Waals surface area contributed by atoms with Gasteiger partial charge in [0.15, 0.2) is 0 Å². The lowest BCUT2D eigenvalue weighted by Gasteiger charge is -2.30.